The fourth-order valence-electron chi connectivity index (χ4n) is 1.99. The van der Waals surface area contributed by atoms with E-state index in [-0.39, 0.29) is 17.5 Å². The summed E-state index contributed by atoms with van der Waals surface area (Å²) < 4.78 is 6.67. The minimum Gasteiger partial charge on any atom is -0.493 e. The summed E-state index contributed by atoms with van der Waals surface area (Å²) in [5.41, 5.74) is 0.891. The minimum atomic E-state index is -1.90. The van der Waals surface area contributed by atoms with E-state index in [1.165, 1.54) is 0 Å². The fraction of sp³-hybridized carbons (Fsp3) is 0.235. The van der Waals surface area contributed by atoms with E-state index in [0.29, 0.717) is 11.5 Å². The second-order valence-corrected chi connectivity index (χ2v) is 9.73. The van der Waals surface area contributed by atoms with Crippen LogP contribution in [0.3, 0.4) is 0 Å². The van der Waals surface area contributed by atoms with Crippen LogP contribution in [0.4, 0.5) is 0 Å². The smallest absolute Gasteiger partial charge is 0.250 e. The van der Waals surface area contributed by atoms with E-state index in [2.05, 4.69) is 15.0 Å². The molecule has 2 rings (SSSR count). The number of hydrogen-bond donors (Lipinski definition) is 0. The van der Waals surface area contributed by atoms with Gasteiger partial charge < -0.3 is 9.47 Å². The molecule has 1 aromatic heterocycles. The molecule has 0 atom stereocenters. The van der Waals surface area contributed by atoms with Crippen LogP contribution in [0.15, 0.2) is 30.4 Å². The maximum Gasteiger partial charge on any atom is 0.250 e. The average molecular weight is 504 g/mol. The van der Waals surface area contributed by atoms with E-state index in [4.69, 9.17) is 79.1 Å². The van der Waals surface area contributed by atoms with Gasteiger partial charge in [-0.05, 0) is 23.8 Å². The third kappa shape index (κ3) is 6.55. The molecule has 0 amide bonds. The maximum absolute atomic E-state index is 5.84. The van der Waals surface area contributed by atoms with Crippen LogP contribution in [0.1, 0.15) is 23.0 Å². The number of hydrogen-bond acceptors (Lipinski definition) is 5. The molecular formula is C17H13Cl6N3O2. The summed E-state index contributed by atoms with van der Waals surface area (Å²) in [6.45, 7) is 0. The second kappa shape index (κ2) is 9.70. The van der Waals surface area contributed by atoms with Gasteiger partial charge in [0.25, 0.3) is 0 Å². The van der Waals surface area contributed by atoms with Crippen LogP contribution in [-0.4, -0.2) is 29.2 Å². The number of allylic oxidation sites excluding steroid dienone is 2. The van der Waals surface area contributed by atoms with Gasteiger partial charge in [0.05, 0.1) is 14.2 Å². The van der Waals surface area contributed by atoms with Gasteiger partial charge in [0, 0.05) is 0 Å². The lowest BCUT2D eigenvalue weighted by molar-refractivity contribution is 0.355. The molecule has 0 unspecified atom stereocenters. The van der Waals surface area contributed by atoms with Crippen molar-refractivity contribution in [3.05, 3.63) is 53.4 Å². The Bertz CT molecular complexity index is 859. The zero-order chi connectivity index (χ0) is 20.9. The van der Waals surface area contributed by atoms with Gasteiger partial charge in [0.1, 0.15) is 0 Å². The number of halogens is 6. The Balaban J connectivity index is 2.27. The van der Waals surface area contributed by atoms with Gasteiger partial charge in [-0.15, -0.1) is 0 Å². The molecule has 0 spiro atoms. The van der Waals surface area contributed by atoms with Crippen LogP contribution in [-0.2, 0) is 7.59 Å². The van der Waals surface area contributed by atoms with Gasteiger partial charge in [0.15, 0.2) is 29.0 Å². The van der Waals surface area contributed by atoms with Crippen molar-refractivity contribution in [3.63, 3.8) is 0 Å². The van der Waals surface area contributed by atoms with Crippen molar-refractivity contribution >= 4 is 81.8 Å². The highest BCUT2D eigenvalue weighted by atomic mass is 35.6. The quantitative estimate of drug-likeness (QED) is 0.355. The number of nitrogens with zero attached hydrogens (tertiary/aromatic N) is 3. The average Bonchev–Trinajstić information content (AvgIpc) is 2.63. The molecule has 1 aromatic carbocycles. The summed E-state index contributed by atoms with van der Waals surface area (Å²) in [5, 5.41) is 0. The number of benzene rings is 1. The van der Waals surface area contributed by atoms with Crippen molar-refractivity contribution < 1.29 is 9.47 Å². The Labute approximate surface area is 192 Å². The Hall–Kier alpha value is -0.950. The molecule has 0 aliphatic heterocycles. The van der Waals surface area contributed by atoms with Gasteiger partial charge in [-0.1, -0.05) is 93.9 Å². The monoisotopic (exact) mass is 501 g/mol. The summed E-state index contributed by atoms with van der Waals surface area (Å²) in [7, 11) is 3.14. The van der Waals surface area contributed by atoms with Crippen LogP contribution >= 0.6 is 69.6 Å². The predicted molar refractivity (Wildman–Crippen MR) is 116 cm³/mol. The lowest BCUT2D eigenvalue weighted by Crippen LogP contribution is -2.16. The zero-order valence-electron chi connectivity index (χ0n) is 14.5. The van der Waals surface area contributed by atoms with E-state index in [1.807, 2.05) is 18.2 Å². The summed E-state index contributed by atoms with van der Waals surface area (Å²) >= 11 is 35.0. The Morgan fingerprint density at radius 3 is 1.79 bits per heavy atom. The predicted octanol–water partition coefficient (Wildman–Crippen LogP) is 6.27. The molecule has 0 radical (unpaired) electrons. The Kier molecular flexibility index (Phi) is 8.08. The van der Waals surface area contributed by atoms with Gasteiger partial charge in [-0.2, -0.15) is 0 Å². The summed E-state index contributed by atoms with van der Waals surface area (Å²) in [6.07, 6.45) is 6.83. The number of ether oxygens (including phenoxy) is 2. The highest BCUT2D eigenvalue weighted by Gasteiger charge is 2.33. The van der Waals surface area contributed by atoms with E-state index in [0.717, 1.165) is 5.56 Å². The van der Waals surface area contributed by atoms with E-state index in [1.54, 1.807) is 38.5 Å². The largest absolute Gasteiger partial charge is 0.493 e. The number of rotatable bonds is 5. The first kappa shape index (κ1) is 23.3. The molecule has 1 heterocycles. The zero-order valence-corrected chi connectivity index (χ0v) is 19.0. The van der Waals surface area contributed by atoms with Crippen molar-refractivity contribution in [2.24, 2.45) is 0 Å². The Morgan fingerprint density at radius 2 is 1.29 bits per heavy atom. The van der Waals surface area contributed by atoms with E-state index < -0.39 is 7.59 Å². The summed E-state index contributed by atoms with van der Waals surface area (Å²) in [4.78, 5) is 12.0. The molecule has 0 aliphatic rings. The normalized spacial score (nSPS) is 12.7. The molecule has 0 aliphatic carbocycles. The lowest BCUT2D eigenvalue weighted by atomic mass is 10.2. The lowest BCUT2D eigenvalue weighted by Gasteiger charge is -2.14. The third-order valence-corrected chi connectivity index (χ3v) is 4.23. The van der Waals surface area contributed by atoms with Gasteiger partial charge in [-0.25, -0.2) is 15.0 Å². The number of methoxy groups -OCH3 is 2. The molecule has 0 N–H and O–H groups in total. The molecule has 5 nitrogen and oxygen atoms in total. The standard InChI is InChI=1S/C17H13Cl6N3O2/c1-27-11-8-7-10(9-12(11)28-2)5-3-4-6-13-24-14(16(18,19)20)26-15(25-13)17(21,22)23/h3-9H,1-2H3. The maximum atomic E-state index is 5.84. The molecule has 0 saturated heterocycles. The van der Waals surface area contributed by atoms with Crippen LogP contribution < -0.4 is 9.47 Å². The van der Waals surface area contributed by atoms with Crippen molar-refractivity contribution in [2.75, 3.05) is 14.2 Å². The van der Waals surface area contributed by atoms with Crippen molar-refractivity contribution in [1.29, 1.82) is 0 Å². The molecule has 11 heteroatoms. The number of alkyl halides is 6. The van der Waals surface area contributed by atoms with Crippen LogP contribution in [0.2, 0.25) is 0 Å². The number of aromatic nitrogens is 3. The van der Waals surface area contributed by atoms with Gasteiger partial charge in [0.2, 0.25) is 7.59 Å². The first-order chi connectivity index (χ1) is 13.0. The van der Waals surface area contributed by atoms with Crippen LogP contribution in [0.5, 0.6) is 11.5 Å². The molecule has 2 aromatic rings. The van der Waals surface area contributed by atoms with Crippen molar-refractivity contribution in [2.45, 2.75) is 7.59 Å². The molecule has 28 heavy (non-hydrogen) atoms. The van der Waals surface area contributed by atoms with Gasteiger partial charge in [-0.3, -0.25) is 0 Å². The van der Waals surface area contributed by atoms with E-state index >= 15 is 0 Å². The summed E-state index contributed by atoms with van der Waals surface area (Å²) in [5.74, 6) is 1.11. The third-order valence-electron chi connectivity index (χ3n) is 3.21. The molecular weight excluding hydrogens is 491 g/mol. The van der Waals surface area contributed by atoms with Crippen molar-refractivity contribution in [3.8, 4) is 11.5 Å². The SMILES string of the molecule is COc1ccc(C=CC=Cc2nc(C(Cl)(Cl)Cl)nc(C(Cl)(Cl)Cl)n2)cc1OC. The fourth-order valence-corrected chi connectivity index (χ4v) is 2.49. The highest BCUT2D eigenvalue weighted by Crippen LogP contribution is 2.40. The highest BCUT2D eigenvalue weighted by molar-refractivity contribution is 6.67. The molecule has 0 saturated carbocycles. The minimum absolute atomic E-state index is 0.155. The van der Waals surface area contributed by atoms with Crippen molar-refractivity contribution in [1.82, 2.24) is 15.0 Å². The van der Waals surface area contributed by atoms with Gasteiger partial charge >= 0.3 is 0 Å². The van der Waals surface area contributed by atoms with Crippen LogP contribution in [0.25, 0.3) is 12.2 Å². The van der Waals surface area contributed by atoms with Crippen LogP contribution in [0, 0.1) is 0 Å². The summed E-state index contributed by atoms with van der Waals surface area (Å²) in [6, 6.07) is 5.50. The molecule has 0 fully saturated rings. The molecule has 150 valence electrons. The topological polar surface area (TPSA) is 57.1 Å². The molecule has 0 bridgehead atoms. The second-order valence-electron chi connectivity index (χ2n) is 5.17. The van der Waals surface area contributed by atoms with E-state index in [9.17, 15) is 0 Å². The first-order valence-corrected chi connectivity index (χ1v) is 9.78. The first-order valence-electron chi connectivity index (χ1n) is 7.52. The Morgan fingerprint density at radius 1 is 0.750 bits per heavy atom.